The Morgan fingerprint density at radius 3 is 2.59 bits per heavy atom. The predicted molar refractivity (Wildman–Crippen MR) is 109 cm³/mol. The SMILES string of the molecule is COc1ccc(-c2csc(/C(C#N)=C\c3cc(OC)c(O)c([N+](=O)[O-])c3)n2)cc1. The van der Waals surface area contributed by atoms with E-state index in [1.165, 1.54) is 36.7 Å². The van der Waals surface area contributed by atoms with Gasteiger partial charge in [0.15, 0.2) is 5.75 Å². The number of nitriles is 1. The summed E-state index contributed by atoms with van der Waals surface area (Å²) in [7, 11) is 2.88. The lowest BCUT2D eigenvalue weighted by atomic mass is 10.1. The van der Waals surface area contributed by atoms with E-state index in [2.05, 4.69) is 11.1 Å². The molecule has 0 aliphatic rings. The lowest BCUT2D eigenvalue weighted by Gasteiger charge is -2.05. The highest BCUT2D eigenvalue weighted by Crippen LogP contribution is 2.38. The number of allylic oxidation sites excluding steroid dienone is 1. The molecule has 146 valence electrons. The Bertz CT molecular complexity index is 1130. The number of benzene rings is 2. The number of ether oxygens (including phenoxy) is 2. The van der Waals surface area contributed by atoms with Gasteiger partial charge in [-0.25, -0.2) is 4.98 Å². The van der Waals surface area contributed by atoms with E-state index in [9.17, 15) is 20.5 Å². The van der Waals surface area contributed by atoms with Gasteiger partial charge in [0.05, 0.1) is 30.4 Å². The molecule has 0 aliphatic heterocycles. The fourth-order valence-electron chi connectivity index (χ4n) is 2.59. The van der Waals surface area contributed by atoms with Crippen LogP contribution in [0.4, 0.5) is 5.69 Å². The number of hydrogen-bond donors (Lipinski definition) is 1. The third-order valence-electron chi connectivity index (χ3n) is 4.05. The van der Waals surface area contributed by atoms with Crippen molar-refractivity contribution >= 4 is 28.7 Å². The summed E-state index contributed by atoms with van der Waals surface area (Å²) in [5.41, 5.74) is 1.63. The van der Waals surface area contributed by atoms with Crippen molar-refractivity contribution in [2.75, 3.05) is 14.2 Å². The Kier molecular flexibility index (Phi) is 5.76. The molecule has 0 aliphatic carbocycles. The van der Waals surface area contributed by atoms with Gasteiger partial charge in [-0.15, -0.1) is 11.3 Å². The summed E-state index contributed by atoms with van der Waals surface area (Å²) in [6, 6.07) is 12.0. The first-order valence-corrected chi connectivity index (χ1v) is 9.12. The van der Waals surface area contributed by atoms with E-state index in [4.69, 9.17) is 9.47 Å². The number of aromatic hydroxyl groups is 1. The fourth-order valence-corrected chi connectivity index (χ4v) is 3.39. The van der Waals surface area contributed by atoms with E-state index in [-0.39, 0.29) is 11.3 Å². The summed E-state index contributed by atoms with van der Waals surface area (Å²) in [6.07, 6.45) is 1.46. The van der Waals surface area contributed by atoms with E-state index in [0.717, 1.165) is 11.3 Å². The molecule has 2 aromatic carbocycles. The Morgan fingerprint density at radius 1 is 1.28 bits per heavy atom. The lowest BCUT2D eigenvalue weighted by molar-refractivity contribution is -0.386. The molecule has 1 N–H and O–H groups in total. The maximum Gasteiger partial charge on any atom is 0.315 e. The molecule has 29 heavy (non-hydrogen) atoms. The number of phenols is 1. The van der Waals surface area contributed by atoms with Gasteiger partial charge in [0.25, 0.3) is 0 Å². The Hall–Kier alpha value is -3.90. The minimum absolute atomic E-state index is 0.0548. The number of thiazole rings is 1. The van der Waals surface area contributed by atoms with Crippen LogP contribution >= 0.6 is 11.3 Å². The molecule has 1 heterocycles. The van der Waals surface area contributed by atoms with Crippen molar-refractivity contribution in [1.82, 2.24) is 4.98 Å². The molecule has 0 unspecified atom stereocenters. The maximum atomic E-state index is 11.2. The van der Waals surface area contributed by atoms with Gasteiger partial charge in [-0.05, 0) is 42.0 Å². The van der Waals surface area contributed by atoms with Gasteiger partial charge < -0.3 is 14.6 Å². The van der Waals surface area contributed by atoms with Gasteiger partial charge in [-0.2, -0.15) is 5.26 Å². The molecule has 3 aromatic rings. The number of nitro groups is 1. The second kappa shape index (κ2) is 8.41. The summed E-state index contributed by atoms with van der Waals surface area (Å²) in [5, 5.41) is 32.9. The number of aromatic nitrogens is 1. The van der Waals surface area contributed by atoms with Crippen LogP contribution in [0.2, 0.25) is 0 Å². The molecule has 9 heteroatoms. The van der Waals surface area contributed by atoms with Gasteiger partial charge >= 0.3 is 5.69 Å². The van der Waals surface area contributed by atoms with Crippen LogP contribution in [0.25, 0.3) is 22.9 Å². The summed E-state index contributed by atoms with van der Waals surface area (Å²) in [6.45, 7) is 0. The number of nitrogens with zero attached hydrogens (tertiary/aromatic N) is 3. The van der Waals surface area contributed by atoms with Crippen LogP contribution in [0.3, 0.4) is 0 Å². The minimum atomic E-state index is -0.716. The van der Waals surface area contributed by atoms with Crippen LogP contribution in [0.15, 0.2) is 41.8 Å². The summed E-state index contributed by atoms with van der Waals surface area (Å²) in [4.78, 5) is 14.9. The molecule has 0 amide bonds. The number of methoxy groups -OCH3 is 2. The normalized spacial score (nSPS) is 11.0. The molecule has 3 rings (SSSR count). The van der Waals surface area contributed by atoms with Gasteiger partial charge in [0.1, 0.15) is 16.8 Å². The van der Waals surface area contributed by atoms with Crippen LogP contribution in [0, 0.1) is 21.4 Å². The summed E-state index contributed by atoms with van der Waals surface area (Å²) >= 11 is 1.28. The number of rotatable bonds is 6. The summed E-state index contributed by atoms with van der Waals surface area (Å²) < 4.78 is 10.1. The average Bonchev–Trinajstić information content (AvgIpc) is 3.22. The van der Waals surface area contributed by atoms with Crippen molar-refractivity contribution in [2.45, 2.75) is 0 Å². The van der Waals surface area contributed by atoms with Crippen molar-refractivity contribution in [3.63, 3.8) is 0 Å². The zero-order chi connectivity index (χ0) is 21.0. The largest absolute Gasteiger partial charge is 0.500 e. The van der Waals surface area contributed by atoms with Crippen molar-refractivity contribution in [2.24, 2.45) is 0 Å². The Labute approximate surface area is 170 Å². The van der Waals surface area contributed by atoms with Crippen LogP contribution in [0.1, 0.15) is 10.6 Å². The minimum Gasteiger partial charge on any atom is -0.500 e. The van der Waals surface area contributed by atoms with Crippen LogP contribution in [-0.2, 0) is 0 Å². The van der Waals surface area contributed by atoms with E-state index in [1.54, 1.807) is 7.11 Å². The van der Waals surface area contributed by atoms with Crippen molar-refractivity contribution in [3.8, 4) is 34.6 Å². The first-order valence-electron chi connectivity index (χ1n) is 8.24. The van der Waals surface area contributed by atoms with Crippen LogP contribution < -0.4 is 9.47 Å². The first-order chi connectivity index (χ1) is 14.0. The molecule has 0 bridgehead atoms. The number of phenolic OH excluding ortho intramolecular Hbond substituents is 1. The molecule has 0 atom stereocenters. The van der Waals surface area contributed by atoms with E-state index in [1.807, 2.05) is 29.6 Å². The van der Waals surface area contributed by atoms with Crippen LogP contribution in [-0.4, -0.2) is 29.2 Å². The molecule has 0 saturated carbocycles. The molecule has 0 fully saturated rings. The van der Waals surface area contributed by atoms with Crippen LogP contribution in [0.5, 0.6) is 17.2 Å². The smallest absolute Gasteiger partial charge is 0.315 e. The molecular formula is C20H15N3O5S. The molecule has 0 spiro atoms. The van der Waals surface area contributed by atoms with Gasteiger partial charge in [-0.3, -0.25) is 10.1 Å². The second-order valence-electron chi connectivity index (χ2n) is 5.78. The predicted octanol–water partition coefficient (Wildman–Crippen LogP) is 4.51. The Balaban J connectivity index is 1.99. The highest BCUT2D eigenvalue weighted by molar-refractivity contribution is 7.11. The fraction of sp³-hybridized carbons (Fsp3) is 0.100. The van der Waals surface area contributed by atoms with Gasteiger partial charge in [0, 0.05) is 17.0 Å². The third-order valence-corrected chi connectivity index (χ3v) is 4.92. The van der Waals surface area contributed by atoms with E-state index >= 15 is 0 Å². The molecule has 1 aromatic heterocycles. The number of hydrogen-bond acceptors (Lipinski definition) is 8. The first kappa shape index (κ1) is 19.9. The zero-order valence-electron chi connectivity index (χ0n) is 15.4. The lowest BCUT2D eigenvalue weighted by Crippen LogP contribution is -1.93. The van der Waals surface area contributed by atoms with Gasteiger partial charge in [-0.1, -0.05) is 0 Å². The standard InChI is InChI=1S/C20H15N3O5S/c1-27-15-5-3-13(4-6-15)16-11-29-20(22-16)14(10-21)7-12-8-17(23(25)26)19(24)18(9-12)28-2/h3-9,11,24H,1-2H3/b14-7-. The molecule has 0 radical (unpaired) electrons. The van der Waals surface area contributed by atoms with Crippen molar-refractivity contribution < 1.29 is 19.5 Å². The van der Waals surface area contributed by atoms with E-state index < -0.39 is 16.4 Å². The van der Waals surface area contributed by atoms with Gasteiger partial charge in [0.2, 0.25) is 5.75 Å². The van der Waals surface area contributed by atoms with E-state index in [0.29, 0.717) is 16.3 Å². The third kappa shape index (κ3) is 4.17. The van der Waals surface area contributed by atoms with Crippen molar-refractivity contribution in [1.29, 1.82) is 5.26 Å². The zero-order valence-corrected chi connectivity index (χ0v) is 16.3. The molecular weight excluding hydrogens is 394 g/mol. The number of nitro benzene ring substituents is 1. The topological polar surface area (TPSA) is 119 Å². The maximum absolute atomic E-state index is 11.2. The van der Waals surface area contributed by atoms with Crippen molar-refractivity contribution in [3.05, 3.63) is 62.5 Å². The Morgan fingerprint density at radius 2 is 2.00 bits per heavy atom. The monoisotopic (exact) mass is 409 g/mol. The summed E-state index contributed by atoms with van der Waals surface area (Å²) in [5.74, 6) is 0.106. The molecule has 8 nitrogen and oxygen atoms in total. The highest BCUT2D eigenvalue weighted by atomic mass is 32.1. The highest BCUT2D eigenvalue weighted by Gasteiger charge is 2.20. The quantitative estimate of drug-likeness (QED) is 0.361. The molecule has 0 saturated heterocycles. The second-order valence-corrected chi connectivity index (χ2v) is 6.64. The average molecular weight is 409 g/mol.